The number of hydrogen-bond acceptors (Lipinski definition) is 4. The van der Waals surface area contributed by atoms with Gasteiger partial charge in [-0.25, -0.2) is 9.59 Å². The van der Waals surface area contributed by atoms with Gasteiger partial charge >= 0.3 is 12.1 Å². The van der Waals surface area contributed by atoms with E-state index in [1.807, 2.05) is 20.8 Å². The topological polar surface area (TPSA) is 84.9 Å². The van der Waals surface area contributed by atoms with E-state index in [0.29, 0.717) is 11.3 Å². The Morgan fingerprint density at radius 1 is 1.16 bits per heavy atom. The smallest absolute Gasteiger partial charge is 0.408 e. The van der Waals surface area contributed by atoms with Crippen molar-refractivity contribution in [3.63, 3.8) is 0 Å². The molecule has 1 rings (SSSR count). The highest BCUT2D eigenvalue weighted by atomic mass is 35.6. The molecule has 0 unspecified atom stereocenters. The minimum absolute atomic E-state index is 0.0635. The number of alkyl carbamates (subject to hydrolysis) is 1. The zero-order valence-electron chi connectivity index (χ0n) is 14.0. The van der Waals surface area contributed by atoms with Crippen molar-refractivity contribution in [3.05, 3.63) is 29.8 Å². The van der Waals surface area contributed by atoms with Crippen LogP contribution in [0.25, 0.3) is 0 Å². The SMILES string of the molecule is CC(C)(C)Oc1ccc(C[C@H](NC(=O)OCC(Cl)(Cl)Cl)C(=O)O)cc1. The van der Waals surface area contributed by atoms with Crippen molar-refractivity contribution in [1.82, 2.24) is 5.32 Å². The second-order valence-electron chi connectivity index (χ2n) is 6.29. The first-order chi connectivity index (χ1) is 11.4. The Morgan fingerprint density at radius 3 is 2.16 bits per heavy atom. The number of alkyl halides is 3. The molecule has 0 aliphatic carbocycles. The van der Waals surface area contributed by atoms with E-state index in [1.165, 1.54) is 0 Å². The van der Waals surface area contributed by atoms with E-state index in [9.17, 15) is 14.7 Å². The molecular weight excluding hydrogens is 393 g/mol. The van der Waals surface area contributed by atoms with E-state index in [4.69, 9.17) is 39.5 Å². The normalized spacial score (nSPS) is 13.0. The summed E-state index contributed by atoms with van der Waals surface area (Å²) in [6.45, 7) is 5.28. The van der Waals surface area contributed by atoms with E-state index < -0.39 is 28.5 Å². The first-order valence-electron chi connectivity index (χ1n) is 7.36. The van der Waals surface area contributed by atoms with Gasteiger partial charge in [0.05, 0.1) is 0 Å². The molecule has 0 aliphatic heterocycles. The molecule has 1 aromatic rings. The average molecular weight is 413 g/mol. The van der Waals surface area contributed by atoms with Crippen LogP contribution in [0.5, 0.6) is 5.75 Å². The maximum absolute atomic E-state index is 11.6. The third-order valence-electron chi connectivity index (χ3n) is 2.74. The maximum Gasteiger partial charge on any atom is 0.408 e. The number of carboxylic acid groups (broad SMARTS) is 1. The predicted octanol–water partition coefficient (Wildman–Crippen LogP) is 3.96. The van der Waals surface area contributed by atoms with Crippen molar-refractivity contribution in [2.45, 2.75) is 42.6 Å². The van der Waals surface area contributed by atoms with Gasteiger partial charge in [-0.1, -0.05) is 46.9 Å². The number of aliphatic carboxylic acids is 1. The molecule has 0 heterocycles. The molecule has 0 spiro atoms. The van der Waals surface area contributed by atoms with Gasteiger partial charge < -0.3 is 19.9 Å². The minimum Gasteiger partial charge on any atom is -0.488 e. The number of rotatable bonds is 6. The maximum atomic E-state index is 11.6. The van der Waals surface area contributed by atoms with Crippen LogP contribution in [0.4, 0.5) is 4.79 Å². The fraction of sp³-hybridized carbons (Fsp3) is 0.500. The Kier molecular flexibility index (Phi) is 7.65. The summed E-state index contributed by atoms with van der Waals surface area (Å²) in [4.78, 5) is 22.9. The van der Waals surface area contributed by atoms with Crippen LogP contribution >= 0.6 is 34.8 Å². The fourth-order valence-electron chi connectivity index (χ4n) is 1.81. The number of halogens is 3. The summed E-state index contributed by atoms with van der Waals surface area (Å²) in [6, 6.07) is 5.75. The van der Waals surface area contributed by atoms with Gasteiger partial charge in [0.15, 0.2) is 0 Å². The summed E-state index contributed by atoms with van der Waals surface area (Å²) < 4.78 is 8.60. The third-order valence-corrected chi connectivity index (χ3v) is 3.07. The Labute approximate surface area is 161 Å². The highest BCUT2D eigenvalue weighted by Gasteiger charge is 2.25. The zero-order chi connectivity index (χ0) is 19.3. The van der Waals surface area contributed by atoms with E-state index in [-0.39, 0.29) is 12.0 Å². The fourth-order valence-corrected chi connectivity index (χ4v) is 1.98. The number of amides is 1. The molecule has 6 nitrogen and oxygen atoms in total. The predicted molar refractivity (Wildman–Crippen MR) is 96.7 cm³/mol. The van der Waals surface area contributed by atoms with Crippen LogP contribution in [-0.4, -0.2) is 39.2 Å². The van der Waals surface area contributed by atoms with Crippen LogP contribution in [0.1, 0.15) is 26.3 Å². The first-order valence-corrected chi connectivity index (χ1v) is 8.50. The van der Waals surface area contributed by atoms with E-state index in [2.05, 4.69) is 10.1 Å². The molecule has 1 aromatic carbocycles. The molecule has 1 atom stereocenters. The first kappa shape index (κ1) is 21.7. The molecule has 25 heavy (non-hydrogen) atoms. The van der Waals surface area contributed by atoms with E-state index in [1.54, 1.807) is 24.3 Å². The lowest BCUT2D eigenvalue weighted by Gasteiger charge is -2.21. The lowest BCUT2D eigenvalue weighted by Crippen LogP contribution is -2.43. The molecular formula is C16H20Cl3NO5. The molecule has 0 radical (unpaired) electrons. The van der Waals surface area contributed by atoms with Crippen LogP contribution in [0, 0.1) is 0 Å². The standard InChI is InChI=1S/C16H20Cl3NO5/c1-15(2,3)25-11-6-4-10(5-7-11)8-12(13(21)22)20-14(23)24-9-16(17,18)19/h4-7,12H,8-9H2,1-3H3,(H,20,23)(H,21,22)/t12-/m0/s1. The van der Waals surface area contributed by atoms with Crippen molar-refractivity contribution in [3.8, 4) is 5.75 Å². The quantitative estimate of drug-likeness (QED) is 0.691. The Bertz CT molecular complexity index is 593. The number of carbonyl (C=O) groups excluding carboxylic acids is 1. The summed E-state index contributed by atoms with van der Waals surface area (Å²) in [5.41, 5.74) is 0.370. The van der Waals surface area contributed by atoms with Crippen molar-refractivity contribution >= 4 is 46.9 Å². The van der Waals surface area contributed by atoms with E-state index >= 15 is 0 Å². The van der Waals surface area contributed by atoms with Crippen LogP contribution in [0.15, 0.2) is 24.3 Å². The van der Waals surface area contributed by atoms with Crippen LogP contribution in [-0.2, 0) is 16.0 Å². The van der Waals surface area contributed by atoms with Crippen LogP contribution in [0.2, 0.25) is 0 Å². The van der Waals surface area contributed by atoms with Gasteiger partial charge in [0, 0.05) is 6.42 Å². The number of benzene rings is 1. The largest absolute Gasteiger partial charge is 0.488 e. The van der Waals surface area contributed by atoms with Crippen LogP contribution in [0.3, 0.4) is 0 Å². The molecule has 0 aromatic heterocycles. The summed E-state index contributed by atoms with van der Waals surface area (Å²) >= 11 is 16.4. The van der Waals surface area contributed by atoms with Crippen molar-refractivity contribution in [2.75, 3.05) is 6.61 Å². The number of nitrogens with one attached hydrogen (secondary N) is 1. The van der Waals surface area contributed by atoms with Crippen LogP contribution < -0.4 is 10.1 Å². The van der Waals surface area contributed by atoms with Gasteiger partial charge in [-0.15, -0.1) is 0 Å². The number of carbonyl (C=O) groups is 2. The molecule has 0 saturated carbocycles. The third kappa shape index (κ3) is 9.63. The number of ether oxygens (including phenoxy) is 2. The summed E-state index contributed by atoms with van der Waals surface area (Å²) in [5.74, 6) is -0.543. The molecule has 1 amide bonds. The molecule has 2 N–H and O–H groups in total. The molecule has 140 valence electrons. The second-order valence-corrected chi connectivity index (χ2v) is 8.81. The summed E-state index contributed by atoms with van der Waals surface area (Å²) in [5, 5.41) is 11.5. The van der Waals surface area contributed by atoms with Gasteiger partial charge in [0.1, 0.15) is 24.0 Å². The lowest BCUT2D eigenvalue weighted by atomic mass is 10.1. The summed E-state index contributed by atoms with van der Waals surface area (Å²) in [6.07, 6.45) is -0.917. The Balaban J connectivity index is 2.66. The molecule has 0 aliphatic rings. The zero-order valence-corrected chi connectivity index (χ0v) is 16.3. The van der Waals surface area contributed by atoms with E-state index in [0.717, 1.165) is 0 Å². The number of hydrogen-bond donors (Lipinski definition) is 2. The average Bonchev–Trinajstić information content (AvgIpc) is 2.44. The van der Waals surface area contributed by atoms with Gasteiger partial charge in [-0.2, -0.15) is 0 Å². The van der Waals surface area contributed by atoms with Gasteiger partial charge in [-0.3, -0.25) is 0 Å². The van der Waals surface area contributed by atoms with Crippen molar-refractivity contribution in [1.29, 1.82) is 0 Å². The summed E-state index contributed by atoms with van der Waals surface area (Å²) in [7, 11) is 0. The molecule has 0 fully saturated rings. The lowest BCUT2D eigenvalue weighted by molar-refractivity contribution is -0.139. The second kappa shape index (κ2) is 8.83. The molecule has 0 bridgehead atoms. The van der Waals surface area contributed by atoms with Gasteiger partial charge in [0.25, 0.3) is 0 Å². The molecule has 0 saturated heterocycles. The van der Waals surface area contributed by atoms with Crippen molar-refractivity contribution < 1.29 is 24.2 Å². The Morgan fingerprint density at radius 2 is 1.72 bits per heavy atom. The van der Waals surface area contributed by atoms with Gasteiger partial charge in [0.2, 0.25) is 3.79 Å². The highest BCUT2D eigenvalue weighted by Crippen LogP contribution is 2.26. The number of carboxylic acids is 1. The van der Waals surface area contributed by atoms with Crippen molar-refractivity contribution in [2.24, 2.45) is 0 Å². The van der Waals surface area contributed by atoms with Gasteiger partial charge in [-0.05, 0) is 38.5 Å². The highest BCUT2D eigenvalue weighted by molar-refractivity contribution is 6.67. The Hall–Kier alpha value is -1.37. The monoisotopic (exact) mass is 411 g/mol. The molecule has 9 heteroatoms. The minimum atomic E-state index is -1.76.